The summed E-state index contributed by atoms with van der Waals surface area (Å²) in [7, 11) is 1.51. The molecule has 3 aromatic carbocycles. The van der Waals surface area contributed by atoms with E-state index >= 15 is 0 Å². The van der Waals surface area contributed by atoms with Crippen LogP contribution in [0.1, 0.15) is 16.7 Å². The van der Waals surface area contributed by atoms with Gasteiger partial charge in [0.25, 0.3) is 5.69 Å². The van der Waals surface area contributed by atoms with Crippen molar-refractivity contribution < 1.29 is 23.9 Å². The Morgan fingerprint density at radius 1 is 1.09 bits per heavy atom. The highest BCUT2D eigenvalue weighted by Crippen LogP contribution is 2.38. The lowest BCUT2D eigenvalue weighted by Gasteiger charge is -2.13. The topological polar surface area (TPSA) is 100 Å². The Bertz CT molecular complexity index is 1320. The number of hydrogen-bond acceptors (Lipinski definition) is 7. The molecular formula is C24H16Br2N2O6. The molecule has 172 valence electrons. The average Bonchev–Trinajstić information content (AvgIpc) is 3.18. The van der Waals surface area contributed by atoms with E-state index in [-0.39, 0.29) is 23.9 Å². The van der Waals surface area contributed by atoms with Crippen LogP contribution in [-0.4, -0.2) is 23.9 Å². The van der Waals surface area contributed by atoms with Crippen molar-refractivity contribution in [3.8, 4) is 11.5 Å². The Morgan fingerprint density at radius 2 is 1.79 bits per heavy atom. The Balaban J connectivity index is 1.55. The molecule has 0 fully saturated rings. The summed E-state index contributed by atoms with van der Waals surface area (Å²) < 4.78 is 18.2. The van der Waals surface area contributed by atoms with E-state index in [0.29, 0.717) is 27.1 Å². The number of esters is 1. The van der Waals surface area contributed by atoms with Crippen LogP contribution in [0.3, 0.4) is 0 Å². The van der Waals surface area contributed by atoms with Crippen LogP contribution in [0.2, 0.25) is 0 Å². The first kappa shape index (κ1) is 23.7. The van der Waals surface area contributed by atoms with Crippen LogP contribution in [0.5, 0.6) is 11.5 Å². The fourth-order valence-corrected chi connectivity index (χ4v) is 3.95. The summed E-state index contributed by atoms with van der Waals surface area (Å²) in [6.07, 6.45) is 1.60. The van der Waals surface area contributed by atoms with Gasteiger partial charge in [0.05, 0.1) is 16.5 Å². The number of nitrogens with zero attached hydrogens (tertiary/aromatic N) is 2. The van der Waals surface area contributed by atoms with E-state index in [1.165, 1.54) is 19.2 Å². The molecule has 10 heteroatoms. The minimum Gasteiger partial charge on any atom is -0.493 e. The lowest BCUT2D eigenvalue weighted by atomic mass is 10.1. The van der Waals surface area contributed by atoms with Crippen molar-refractivity contribution in [2.45, 2.75) is 6.61 Å². The molecule has 0 saturated carbocycles. The fraction of sp³-hybridized carbons (Fsp3) is 0.0833. The molecule has 0 amide bonds. The Kier molecular flexibility index (Phi) is 7.09. The molecule has 0 aromatic heterocycles. The maximum Gasteiger partial charge on any atom is 0.363 e. The molecule has 0 atom stereocenters. The number of rotatable bonds is 7. The summed E-state index contributed by atoms with van der Waals surface area (Å²) in [6, 6.07) is 16.9. The van der Waals surface area contributed by atoms with E-state index < -0.39 is 10.9 Å². The summed E-state index contributed by atoms with van der Waals surface area (Å²) in [5.74, 6) is 0.576. The van der Waals surface area contributed by atoms with Gasteiger partial charge in [-0.3, -0.25) is 10.1 Å². The van der Waals surface area contributed by atoms with Crippen molar-refractivity contribution in [2.24, 2.45) is 4.99 Å². The summed E-state index contributed by atoms with van der Waals surface area (Å²) in [5.41, 5.74) is 2.27. The molecule has 1 aliphatic rings. The number of aliphatic imine (C=N–C) groups is 1. The zero-order valence-corrected chi connectivity index (χ0v) is 20.8. The molecule has 0 N–H and O–H groups in total. The maximum atomic E-state index is 12.3. The van der Waals surface area contributed by atoms with Crippen LogP contribution in [0, 0.1) is 10.1 Å². The number of cyclic esters (lactones) is 1. The molecule has 0 radical (unpaired) electrons. The van der Waals surface area contributed by atoms with E-state index in [1.54, 1.807) is 42.5 Å². The SMILES string of the molecule is COc1cc(/C=C2\N=C(c3ccc(Br)cc3)OC2=O)cc(Br)c1OCc1ccc([N+](=O)[O-])cc1. The van der Waals surface area contributed by atoms with Crippen LogP contribution in [0.4, 0.5) is 5.69 Å². The Hall–Kier alpha value is -3.50. The first-order valence-electron chi connectivity index (χ1n) is 9.86. The predicted molar refractivity (Wildman–Crippen MR) is 133 cm³/mol. The molecule has 1 aliphatic heterocycles. The molecule has 0 aliphatic carbocycles. The maximum absolute atomic E-state index is 12.3. The van der Waals surface area contributed by atoms with Crippen molar-refractivity contribution in [1.82, 2.24) is 0 Å². The third-order valence-corrected chi connectivity index (χ3v) is 5.91. The van der Waals surface area contributed by atoms with Crippen LogP contribution in [0.25, 0.3) is 6.08 Å². The molecule has 0 saturated heterocycles. The number of nitro benzene ring substituents is 1. The molecule has 0 spiro atoms. The normalized spacial score (nSPS) is 14.0. The number of carbonyl (C=O) groups is 1. The first-order valence-corrected chi connectivity index (χ1v) is 11.4. The van der Waals surface area contributed by atoms with Crippen molar-refractivity contribution in [1.29, 1.82) is 0 Å². The Morgan fingerprint density at radius 3 is 2.44 bits per heavy atom. The lowest BCUT2D eigenvalue weighted by molar-refractivity contribution is -0.384. The number of halogens is 2. The largest absolute Gasteiger partial charge is 0.493 e. The summed E-state index contributed by atoms with van der Waals surface area (Å²) in [5, 5.41) is 10.8. The minimum atomic E-state index is -0.550. The third kappa shape index (κ3) is 5.35. The number of hydrogen-bond donors (Lipinski definition) is 0. The van der Waals surface area contributed by atoms with Crippen LogP contribution < -0.4 is 9.47 Å². The van der Waals surface area contributed by atoms with Gasteiger partial charge in [0.1, 0.15) is 6.61 Å². The lowest BCUT2D eigenvalue weighted by Crippen LogP contribution is -2.05. The van der Waals surface area contributed by atoms with Gasteiger partial charge >= 0.3 is 5.97 Å². The molecular weight excluding hydrogens is 572 g/mol. The van der Waals surface area contributed by atoms with Gasteiger partial charge in [-0.2, -0.15) is 0 Å². The van der Waals surface area contributed by atoms with E-state index in [9.17, 15) is 14.9 Å². The number of ether oxygens (including phenoxy) is 3. The van der Waals surface area contributed by atoms with Crippen LogP contribution in [-0.2, 0) is 16.1 Å². The number of carbonyl (C=O) groups excluding carboxylic acids is 1. The second-order valence-corrected chi connectivity index (χ2v) is 8.86. The highest BCUT2D eigenvalue weighted by molar-refractivity contribution is 9.10. The average molecular weight is 588 g/mol. The molecule has 34 heavy (non-hydrogen) atoms. The summed E-state index contributed by atoms with van der Waals surface area (Å²) in [6.45, 7) is 0.181. The monoisotopic (exact) mass is 586 g/mol. The van der Waals surface area contributed by atoms with Gasteiger partial charge in [-0.1, -0.05) is 15.9 Å². The van der Waals surface area contributed by atoms with Gasteiger partial charge < -0.3 is 14.2 Å². The summed E-state index contributed by atoms with van der Waals surface area (Å²) in [4.78, 5) is 27.0. The fourth-order valence-electron chi connectivity index (χ4n) is 3.12. The molecule has 8 nitrogen and oxygen atoms in total. The molecule has 1 heterocycles. The molecule has 3 aromatic rings. The highest BCUT2D eigenvalue weighted by Gasteiger charge is 2.24. The van der Waals surface area contributed by atoms with Gasteiger partial charge in [0.2, 0.25) is 5.90 Å². The van der Waals surface area contributed by atoms with Crippen molar-refractivity contribution in [3.05, 3.63) is 102 Å². The van der Waals surface area contributed by atoms with Crippen molar-refractivity contribution in [3.63, 3.8) is 0 Å². The highest BCUT2D eigenvalue weighted by atomic mass is 79.9. The van der Waals surface area contributed by atoms with Crippen LogP contribution in [0.15, 0.2) is 80.3 Å². The zero-order valence-electron chi connectivity index (χ0n) is 17.7. The van der Waals surface area contributed by atoms with Crippen LogP contribution >= 0.6 is 31.9 Å². The predicted octanol–water partition coefficient (Wildman–Crippen LogP) is 6.05. The van der Waals surface area contributed by atoms with Gasteiger partial charge in [-0.25, -0.2) is 9.79 Å². The zero-order chi connectivity index (χ0) is 24.2. The molecule has 4 rings (SSSR count). The van der Waals surface area contributed by atoms with Crippen molar-refractivity contribution >= 4 is 55.5 Å². The van der Waals surface area contributed by atoms with Crippen molar-refractivity contribution in [2.75, 3.05) is 7.11 Å². The number of non-ortho nitro benzene ring substituents is 1. The number of methoxy groups -OCH3 is 1. The van der Waals surface area contributed by atoms with Gasteiger partial charge in [-0.15, -0.1) is 0 Å². The van der Waals surface area contributed by atoms with E-state index in [1.807, 2.05) is 12.1 Å². The van der Waals surface area contributed by atoms with E-state index in [0.717, 1.165) is 10.0 Å². The second-order valence-electron chi connectivity index (χ2n) is 7.09. The number of benzene rings is 3. The quantitative estimate of drug-likeness (QED) is 0.144. The minimum absolute atomic E-state index is 0.0105. The standard InChI is InChI=1S/C24H16Br2N2O6/c1-32-21-12-15(11-20-24(29)34-23(27-20)16-4-6-17(25)7-5-16)10-19(26)22(21)33-13-14-2-8-18(9-3-14)28(30)31/h2-12H,13H2,1H3/b20-11-. The summed E-state index contributed by atoms with van der Waals surface area (Å²) >= 11 is 6.85. The van der Waals surface area contributed by atoms with E-state index in [2.05, 4.69) is 36.9 Å². The molecule has 0 unspecified atom stereocenters. The first-order chi connectivity index (χ1) is 16.3. The number of nitro groups is 1. The van der Waals surface area contributed by atoms with Gasteiger partial charge in [0.15, 0.2) is 17.2 Å². The Labute approximate surface area is 211 Å². The van der Waals surface area contributed by atoms with Gasteiger partial charge in [-0.05, 0) is 81.7 Å². The smallest absolute Gasteiger partial charge is 0.363 e. The van der Waals surface area contributed by atoms with E-state index in [4.69, 9.17) is 14.2 Å². The second kappa shape index (κ2) is 10.2. The molecule has 0 bridgehead atoms. The third-order valence-electron chi connectivity index (χ3n) is 4.80. The van der Waals surface area contributed by atoms with Gasteiger partial charge in [0, 0.05) is 22.2 Å².